The molecular formula is C21H21N5OS. The van der Waals surface area contributed by atoms with E-state index in [1.54, 1.807) is 11.3 Å². The first-order chi connectivity index (χ1) is 13.7. The normalized spacial score (nSPS) is 11.1. The molecule has 3 aromatic heterocycles. The summed E-state index contributed by atoms with van der Waals surface area (Å²) < 4.78 is 0. The highest BCUT2D eigenvalue weighted by molar-refractivity contribution is 7.08. The van der Waals surface area contributed by atoms with Gasteiger partial charge in [0, 0.05) is 28.4 Å². The molecule has 28 heavy (non-hydrogen) atoms. The van der Waals surface area contributed by atoms with E-state index >= 15 is 0 Å². The standard InChI is InChI=1S/C21H21N5OS/c1-3-14-16(21(27)26-25-17(14)4-2)11-22-20-15-7-5-6-8-18(15)23-19(24-20)13-9-10-28-12-13/h5-10,12H,3-4,11H2,1-2H3,(H,26,27)(H,22,23,24). The number of hydrogen-bond acceptors (Lipinski definition) is 6. The number of fused-ring (bicyclic) bond motifs is 1. The van der Waals surface area contributed by atoms with Crippen LogP contribution in [0, 0.1) is 0 Å². The summed E-state index contributed by atoms with van der Waals surface area (Å²) in [5.74, 6) is 1.40. The molecule has 0 aliphatic rings. The van der Waals surface area contributed by atoms with Gasteiger partial charge in [0.15, 0.2) is 5.82 Å². The Morgan fingerprint density at radius 3 is 2.68 bits per heavy atom. The van der Waals surface area contributed by atoms with Gasteiger partial charge in [-0.15, -0.1) is 0 Å². The van der Waals surface area contributed by atoms with Crippen molar-refractivity contribution in [2.45, 2.75) is 33.2 Å². The molecule has 0 radical (unpaired) electrons. The largest absolute Gasteiger partial charge is 0.365 e. The number of aryl methyl sites for hydroxylation is 1. The average molecular weight is 392 g/mol. The van der Waals surface area contributed by atoms with E-state index in [1.165, 1.54) is 0 Å². The van der Waals surface area contributed by atoms with Gasteiger partial charge in [0.1, 0.15) is 5.82 Å². The summed E-state index contributed by atoms with van der Waals surface area (Å²) in [5.41, 5.74) is 4.37. The number of anilines is 1. The third kappa shape index (κ3) is 3.41. The van der Waals surface area contributed by atoms with E-state index in [0.717, 1.165) is 46.4 Å². The quantitative estimate of drug-likeness (QED) is 0.515. The molecule has 0 aliphatic heterocycles. The van der Waals surface area contributed by atoms with Gasteiger partial charge >= 0.3 is 0 Å². The minimum absolute atomic E-state index is 0.155. The van der Waals surface area contributed by atoms with Gasteiger partial charge in [0.05, 0.1) is 11.2 Å². The highest BCUT2D eigenvalue weighted by Crippen LogP contribution is 2.26. The molecule has 7 heteroatoms. The van der Waals surface area contributed by atoms with Crippen LogP contribution in [0.15, 0.2) is 45.9 Å². The van der Waals surface area contributed by atoms with Gasteiger partial charge < -0.3 is 5.32 Å². The van der Waals surface area contributed by atoms with Crippen molar-refractivity contribution < 1.29 is 0 Å². The van der Waals surface area contributed by atoms with Crippen LogP contribution in [0.5, 0.6) is 0 Å². The van der Waals surface area contributed by atoms with Crippen LogP contribution < -0.4 is 10.9 Å². The maximum Gasteiger partial charge on any atom is 0.269 e. The Morgan fingerprint density at radius 2 is 1.93 bits per heavy atom. The number of rotatable bonds is 6. The van der Waals surface area contributed by atoms with Gasteiger partial charge in [0.25, 0.3) is 5.56 Å². The lowest BCUT2D eigenvalue weighted by Gasteiger charge is -2.13. The van der Waals surface area contributed by atoms with E-state index in [0.29, 0.717) is 17.9 Å². The molecule has 0 amide bonds. The third-order valence-electron chi connectivity index (χ3n) is 4.78. The number of para-hydroxylation sites is 1. The Morgan fingerprint density at radius 1 is 1.07 bits per heavy atom. The number of aromatic amines is 1. The molecule has 3 heterocycles. The lowest BCUT2D eigenvalue weighted by Crippen LogP contribution is -2.22. The maximum absolute atomic E-state index is 12.4. The number of nitrogens with one attached hydrogen (secondary N) is 2. The average Bonchev–Trinajstić information content (AvgIpc) is 3.27. The van der Waals surface area contributed by atoms with Gasteiger partial charge in [0.2, 0.25) is 0 Å². The molecule has 142 valence electrons. The fourth-order valence-electron chi connectivity index (χ4n) is 3.37. The summed E-state index contributed by atoms with van der Waals surface area (Å²) in [5, 5.41) is 15.2. The van der Waals surface area contributed by atoms with Gasteiger partial charge in [-0.2, -0.15) is 16.4 Å². The lowest BCUT2D eigenvalue weighted by atomic mass is 10.0. The van der Waals surface area contributed by atoms with E-state index in [2.05, 4.69) is 20.5 Å². The van der Waals surface area contributed by atoms with Gasteiger partial charge in [-0.1, -0.05) is 26.0 Å². The summed E-state index contributed by atoms with van der Waals surface area (Å²) in [6.45, 7) is 4.48. The maximum atomic E-state index is 12.4. The fourth-order valence-corrected chi connectivity index (χ4v) is 4.00. The molecule has 0 atom stereocenters. The molecule has 4 aromatic rings. The van der Waals surface area contributed by atoms with Crippen molar-refractivity contribution in [2.75, 3.05) is 5.32 Å². The van der Waals surface area contributed by atoms with Crippen LogP contribution >= 0.6 is 11.3 Å². The first-order valence-electron chi connectivity index (χ1n) is 9.33. The zero-order chi connectivity index (χ0) is 19.5. The Balaban J connectivity index is 1.76. The Kier molecular flexibility index (Phi) is 5.16. The number of thiophene rings is 1. The SMILES string of the molecule is CCc1n[nH]c(=O)c(CNc2nc(-c3ccsc3)nc3ccccc23)c1CC. The topological polar surface area (TPSA) is 83.6 Å². The van der Waals surface area contributed by atoms with Crippen molar-refractivity contribution in [1.82, 2.24) is 20.2 Å². The predicted octanol–water partition coefficient (Wildman–Crippen LogP) is 4.18. The Bertz CT molecular complexity index is 1170. The second-order valence-electron chi connectivity index (χ2n) is 6.44. The Hall–Kier alpha value is -3.06. The molecule has 0 unspecified atom stereocenters. The molecule has 0 saturated heterocycles. The van der Waals surface area contributed by atoms with Gasteiger partial charge in [-0.25, -0.2) is 15.1 Å². The van der Waals surface area contributed by atoms with E-state index in [-0.39, 0.29) is 5.56 Å². The number of hydrogen-bond donors (Lipinski definition) is 2. The molecule has 6 nitrogen and oxygen atoms in total. The van der Waals surface area contributed by atoms with Crippen LogP contribution in [0.1, 0.15) is 30.7 Å². The molecule has 0 saturated carbocycles. The smallest absolute Gasteiger partial charge is 0.269 e. The van der Waals surface area contributed by atoms with E-state index < -0.39 is 0 Å². The summed E-state index contributed by atoms with van der Waals surface area (Å²) in [6.07, 6.45) is 1.55. The van der Waals surface area contributed by atoms with Crippen LogP contribution in [0.3, 0.4) is 0 Å². The van der Waals surface area contributed by atoms with Crippen molar-refractivity contribution in [3.05, 3.63) is 68.3 Å². The van der Waals surface area contributed by atoms with E-state index in [1.807, 2.05) is 54.9 Å². The summed E-state index contributed by atoms with van der Waals surface area (Å²) in [6, 6.07) is 9.91. The minimum Gasteiger partial charge on any atom is -0.365 e. The second-order valence-corrected chi connectivity index (χ2v) is 7.22. The minimum atomic E-state index is -0.155. The third-order valence-corrected chi connectivity index (χ3v) is 5.47. The van der Waals surface area contributed by atoms with Crippen LogP contribution in [0.2, 0.25) is 0 Å². The highest BCUT2D eigenvalue weighted by atomic mass is 32.1. The van der Waals surface area contributed by atoms with Gasteiger partial charge in [-0.05, 0) is 42.0 Å². The van der Waals surface area contributed by atoms with Gasteiger partial charge in [-0.3, -0.25) is 4.79 Å². The van der Waals surface area contributed by atoms with Crippen molar-refractivity contribution in [3.8, 4) is 11.4 Å². The number of benzene rings is 1. The lowest BCUT2D eigenvalue weighted by molar-refractivity contribution is 0.826. The van der Waals surface area contributed by atoms with E-state index in [9.17, 15) is 4.79 Å². The van der Waals surface area contributed by atoms with Crippen molar-refractivity contribution in [3.63, 3.8) is 0 Å². The van der Waals surface area contributed by atoms with Crippen LogP contribution in [0.25, 0.3) is 22.3 Å². The molecule has 0 spiro atoms. The molecule has 1 aromatic carbocycles. The molecule has 0 fully saturated rings. The highest BCUT2D eigenvalue weighted by Gasteiger charge is 2.14. The van der Waals surface area contributed by atoms with Crippen molar-refractivity contribution >= 4 is 28.1 Å². The van der Waals surface area contributed by atoms with Crippen LogP contribution in [-0.2, 0) is 19.4 Å². The number of nitrogens with zero attached hydrogens (tertiary/aromatic N) is 3. The molecular weight excluding hydrogens is 370 g/mol. The predicted molar refractivity (Wildman–Crippen MR) is 114 cm³/mol. The number of H-pyrrole nitrogens is 1. The van der Waals surface area contributed by atoms with Crippen molar-refractivity contribution in [2.24, 2.45) is 0 Å². The zero-order valence-electron chi connectivity index (χ0n) is 15.8. The van der Waals surface area contributed by atoms with Crippen LogP contribution in [0.4, 0.5) is 5.82 Å². The Labute approximate surface area is 166 Å². The summed E-state index contributed by atoms with van der Waals surface area (Å²) in [7, 11) is 0. The first-order valence-corrected chi connectivity index (χ1v) is 10.3. The summed E-state index contributed by atoms with van der Waals surface area (Å²) in [4.78, 5) is 21.8. The second kappa shape index (κ2) is 7.90. The first kappa shape index (κ1) is 18.3. The van der Waals surface area contributed by atoms with E-state index in [4.69, 9.17) is 4.98 Å². The molecule has 4 rings (SSSR count). The summed E-state index contributed by atoms with van der Waals surface area (Å²) >= 11 is 1.61. The molecule has 0 aliphatic carbocycles. The number of aromatic nitrogens is 4. The van der Waals surface area contributed by atoms with Crippen molar-refractivity contribution in [1.29, 1.82) is 0 Å². The monoisotopic (exact) mass is 391 g/mol. The molecule has 0 bridgehead atoms. The fraction of sp³-hybridized carbons (Fsp3) is 0.238. The zero-order valence-corrected chi connectivity index (χ0v) is 16.6. The van der Waals surface area contributed by atoms with Crippen LogP contribution in [-0.4, -0.2) is 20.2 Å². The molecule has 2 N–H and O–H groups in total.